The molecule has 0 radical (unpaired) electrons. The Labute approximate surface area is 116 Å². The maximum atomic E-state index is 12.9. The molecule has 2 aromatic heterocycles. The second-order valence-electron chi connectivity index (χ2n) is 3.96. The number of halogens is 1. The number of hydrogen-bond donors (Lipinski definition) is 2. The van der Waals surface area contributed by atoms with Crippen LogP contribution in [0, 0.1) is 5.82 Å². The summed E-state index contributed by atoms with van der Waals surface area (Å²) < 4.78 is 12.9. The van der Waals surface area contributed by atoms with Gasteiger partial charge in [0.05, 0.1) is 0 Å². The van der Waals surface area contributed by atoms with Gasteiger partial charge in [0.2, 0.25) is 5.88 Å². The molecule has 1 aromatic carbocycles. The van der Waals surface area contributed by atoms with E-state index in [-0.39, 0.29) is 11.4 Å². The number of aromatic hydroxyl groups is 1. The van der Waals surface area contributed by atoms with E-state index in [2.05, 4.69) is 15.0 Å². The molecule has 0 aliphatic carbocycles. The number of H-pyrrole nitrogens is 1. The second kappa shape index (κ2) is 4.86. The minimum atomic E-state index is -0.505. The Morgan fingerprint density at radius 3 is 2.60 bits per heavy atom. The monoisotopic (exact) mass is 289 g/mol. The van der Waals surface area contributed by atoms with Crippen molar-refractivity contribution in [2.24, 2.45) is 0 Å². The van der Waals surface area contributed by atoms with Gasteiger partial charge in [-0.05, 0) is 17.7 Å². The zero-order chi connectivity index (χ0) is 14.1. The van der Waals surface area contributed by atoms with Crippen LogP contribution in [0.2, 0.25) is 0 Å². The zero-order valence-corrected chi connectivity index (χ0v) is 10.8. The molecule has 0 saturated heterocycles. The van der Waals surface area contributed by atoms with Crippen LogP contribution in [0.15, 0.2) is 40.6 Å². The second-order valence-corrected chi connectivity index (χ2v) is 4.85. The molecule has 0 aliphatic heterocycles. The first-order chi connectivity index (χ1) is 9.65. The lowest BCUT2D eigenvalue weighted by molar-refractivity contribution is 0.454. The average Bonchev–Trinajstić information content (AvgIpc) is 2.94. The lowest BCUT2D eigenvalue weighted by Crippen LogP contribution is -2.12. The number of nitrogens with zero attached hydrogens (tertiary/aromatic N) is 2. The van der Waals surface area contributed by atoms with Crippen molar-refractivity contribution in [1.82, 2.24) is 15.0 Å². The maximum Gasteiger partial charge on any atom is 0.263 e. The average molecular weight is 289 g/mol. The molecule has 0 fully saturated rings. The Morgan fingerprint density at radius 1 is 1.25 bits per heavy atom. The molecule has 20 heavy (non-hydrogen) atoms. The van der Waals surface area contributed by atoms with E-state index in [1.54, 1.807) is 11.6 Å². The Morgan fingerprint density at radius 2 is 2.00 bits per heavy atom. The third kappa shape index (κ3) is 2.19. The topological polar surface area (TPSA) is 78.9 Å². The highest BCUT2D eigenvalue weighted by atomic mass is 32.1. The van der Waals surface area contributed by atoms with E-state index in [4.69, 9.17) is 0 Å². The summed E-state index contributed by atoms with van der Waals surface area (Å²) in [6.07, 6.45) is 1.57. The quantitative estimate of drug-likeness (QED) is 0.759. The minimum Gasteiger partial charge on any atom is -0.493 e. The smallest absolute Gasteiger partial charge is 0.263 e. The molecule has 0 atom stereocenters. The first-order valence-electron chi connectivity index (χ1n) is 5.64. The van der Waals surface area contributed by atoms with Gasteiger partial charge in [0.1, 0.15) is 11.4 Å². The summed E-state index contributed by atoms with van der Waals surface area (Å²) in [5.74, 6) is -0.629. The first-order valence-corrected chi connectivity index (χ1v) is 6.52. The van der Waals surface area contributed by atoms with Gasteiger partial charge in [-0.25, -0.2) is 9.37 Å². The minimum absolute atomic E-state index is 0.00491. The van der Waals surface area contributed by atoms with Crippen LogP contribution in [0.25, 0.3) is 22.0 Å². The van der Waals surface area contributed by atoms with Gasteiger partial charge in [-0.2, -0.15) is 4.98 Å². The molecule has 0 aliphatic rings. The fourth-order valence-corrected chi connectivity index (χ4v) is 2.36. The SMILES string of the molecule is O=c1[nH]c(-c2nccs2)nc(O)c1-c1ccc(F)cc1. The van der Waals surface area contributed by atoms with Crippen LogP contribution >= 0.6 is 11.3 Å². The molecule has 3 rings (SSSR count). The molecular weight excluding hydrogens is 281 g/mol. The summed E-state index contributed by atoms with van der Waals surface area (Å²) in [6.45, 7) is 0. The van der Waals surface area contributed by atoms with Crippen molar-refractivity contribution in [3.8, 4) is 27.8 Å². The molecular formula is C13H8FN3O2S. The Hall–Kier alpha value is -2.54. The summed E-state index contributed by atoms with van der Waals surface area (Å²) >= 11 is 1.29. The molecule has 0 spiro atoms. The van der Waals surface area contributed by atoms with Crippen molar-refractivity contribution in [3.63, 3.8) is 0 Å². The lowest BCUT2D eigenvalue weighted by atomic mass is 10.1. The van der Waals surface area contributed by atoms with Crippen LogP contribution in [0.3, 0.4) is 0 Å². The van der Waals surface area contributed by atoms with Crippen molar-refractivity contribution >= 4 is 11.3 Å². The molecule has 5 nitrogen and oxygen atoms in total. The molecule has 0 saturated carbocycles. The van der Waals surface area contributed by atoms with Gasteiger partial charge in [-0.3, -0.25) is 4.79 Å². The van der Waals surface area contributed by atoms with Crippen LogP contribution in [0.4, 0.5) is 4.39 Å². The number of nitrogens with one attached hydrogen (secondary N) is 1. The number of aromatic amines is 1. The highest BCUT2D eigenvalue weighted by molar-refractivity contribution is 7.12. The standard InChI is InChI=1S/C13H8FN3O2S/c14-8-3-1-7(2-4-8)9-11(18)16-10(17-12(9)19)13-15-5-6-20-13/h1-6H,(H2,16,17,18,19). The number of aromatic nitrogens is 3. The summed E-state index contributed by atoms with van der Waals surface area (Å²) in [4.78, 5) is 22.6. The Balaban J connectivity index is 2.14. The third-order valence-electron chi connectivity index (χ3n) is 2.67. The summed E-state index contributed by atoms with van der Waals surface area (Å²) in [5, 5.41) is 12.2. The van der Waals surface area contributed by atoms with Crippen LogP contribution in [0.5, 0.6) is 5.88 Å². The van der Waals surface area contributed by atoms with E-state index < -0.39 is 17.3 Å². The number of thiazole rings is 1. The Kier molecular flexibility index (Phi) is 3.03. The van der Waals surface area contributed by atoms with E-state index in [1.807, 2.05) is 0 Å². The number of rotatable bonds is 2. The predicted octanol–water partition coefficient (Wildman–Crippen LogP) is 2.41. The van der Waals surface area contributed by atoms with Gasteiger partial charge in [0, 0.05) is 11.6 Å². The molecule has 0 bridgehead atoms. The summed E-state index contributed by atoms with van der Waals surface area (Å²) in [5.41, 5.74) is -0.108. The van der Waals surface area contributed by atoms with Crippen LogP contribution < -0.4 is 5.56 Å². The van der Waals surface area contributed by atoms with Crippen LogP contribution in [0.1, 0.15) is 0 Å². The highest BCUT2D eigenvalue weighted by Crippen LogP contribution is 2.26. The highest BCUT2D eigenvalue weighted by Gasteiger charge is 2.14. The predicted molar refractivity (Wildman–Crippen MR) is 73.0 cm³/mol. The first kappa shape index (κ1) is 12.5. The van der Waals surface area contributed by atoms with Gasteiger partial charge in [0.25, 0.3) is 5.56 Å². The van der Waals surface area contributed by atoms with Crippen LogP contribution in [-0.4, -0.2) is 20.1 Å². The summed E-state index contributed by atoms with van der Waals surface area (Å²) in [6, 6.07) is 5.24. The number of hydrogen-bond acceptors (Lipinski definition) is 5. The van der Waals surface area contributed by atoms with Gasteiger partial charge in [0.15, 0.2) is 10.8 Å². The molecule has 100 valence electrons. The fraction of sp³-hybridized carbons (Fsp3) is 0. The molecule has 7 heteroatoms. The molecule has 0 unspecified atom stereocenters. The van der Waals surface area contributed by atoms with Crippen molar-refractivity contribution in [2.45, 2.75) is 0 Å². The lowest BCUT2D eigenvalue weighted by Gasteiger charge is -2.04. The molecule has 2 heterocycles. The maximum absolute atomic E-state index is 12.9. The van der Waals surface area contributed by atoms with E-state index >= 15 is 0 Å². The zero-order valence-electron chi connectivity index (χ0n) is 10.0. The third-order valence-corrected chi connectivity index (χ3v) is 3.45. The van der Waals surface area contributed by atoms with E-state index in [1.165, 1.54) is 35.6 Å². The fourth-order valence-electron chi connectivity index (χ4n) is 1.78. The van der Waals surface area contributed by atoms with Gasteiger partial charge < -0.3 is 10.1 Å². The van der Waals surface area contributed by atoms with Crippen molar-refractivity contribution in [1.29, 1.82) is 0 Å². The number of benzene rings is 1. The van der Waals surface area contributed by atoms with Crippen molar-refractivity contribution in [2.75, 3.05) is 0 Å². The van der Waals surface area contributed by atoms with Gasteiger partial charge >= 0.3 is 0 Å². The summed E-state index contributed by atoms with van der Waals surface area (Å²) in [7, 11) is 0. The van der Waals surface area contributed by atoms with E-state index in [9.17, 15) is 14.3 Å². The van der Waals surface area contributed by atoms with E-state index in [0.29, 0.717) is 10.6 Å². The van der Waals surface area contributed by atoms with Gasteiger partial charge in [-0.1, -0.05) is 12.1 Å². The van der Waals surface area contributed by atoms with Crippen molar-refractivity contribution < 1.29 is 9.50 Å². The van der Waals surface area contributed by atoms with Crippen molar-refractivity contribution in [3.05, 3.63) is 52.0 Å². The van der Waals surface area contributed by atoms with Crippen LogP contribution in [-0.2, 0) is 0 Å². The van der Waals surface area contributed by atoms with E-state index in [0.717, 1.165) is 0 Å². The molecule has 3 aromatic rings. The Bertz CT molecular complexity index is 797. The largest absolute Gasteiger partial charge is 0.493 e. The normalized spacial score (nSPS) is 10.7. The van der Waals surface area contributed by atoms with Gasteiger partial charge in [-0.15, -0.1) is 11.3 Å². The molecule has 0 amide bonds. The molecule has 2 N–H and O–H groups in total.